The van der Waals surface area contributed by atoms with Gasteiger partial charge < -0.3 is 5.32 Å². The molecule has 1 heterocycles. The summed E-state index contributed by atoms with van der Waals surface area (Å²) in [4.78, 5) is 12.7. The van der Waals surface area contributed by atoms with Gasteiger partial charge in [-0.25, -0.2) is 0 Å². The lowest BCUT2D eigenvalue weighted by Crippen LogP contribution is -2.25. The van der Waals surface area contributed by atoms with Gasteiger partial charge in [-0.2, -0.15) is 0 Å². The molecule has 0 bridgehead atoms. The van der Waals surface area contributed by atoms with Crippen LogP contribution < -0.4 is 5.32 Å². The van der Waals surface area contributed by atoms with Crippen LogP contribution in [0.15, 0.2) is 120 Å². The molecule has 0 aliphatic carbocycles. The normalized spacial score (nSPS) is 11.1. The summed E-state index contributed by atoms with van der Waals surface area (Å²) in [6, 6.07) is 38.6. The Morgan fingerprint density at radius 2 is 1.40 bits per heavy atom. The summed E-state index contributed by atoms with van der Waals surface area (Å²) in [6.07, 6.45) is 2.05. The van der Waals surface area contributed by atoms with E-state index in [1.807, 2.05) is 71.3 Å². The highest BCUT2D eigenvalue weighted by Crippen LogP contribution is 2.32. The lowest BCUT2D eigenvalue weighted by atomic mass is 9.88. The Hall–Kier alpha value is -3.87. The number of thioether (sulfide) groups is 1. The first-order valence-electron chi connectivity index (χ1n) is 13.5. The number of carbonyl (C=O) groups excluding carboxylic acids is 1. The smallest absolute Gasteiger partial charge is 0.220 e. The molecule has 0 radical (unpaired) electrons. The number of rotatable bonds is 12. The van der Waals surface area contributed by atoms with Gasteiger partial charge in [0.25, 0.3) is 0 Å². The summed E-state index contributed by atoms with van der Waals surface area (Å²) in [6.45, 7) is 0.629. The number of carbonyl (C=O) groups is 1. The third-order valence-corrected chi connectivity index (χ3v) is 8.05. The fourth-order valence-corrected chi connectivity index (χ4v) is 5.84. The Morgan fingerprint density at radius 1 is 0.800 bits per heavy atom. The third kappa shape index (κ3) is 7.00. The molecule has 5 nitrogen and oxygen atoms in total. The van der Waals surface area contributed by atoms with Crippen molar-refractivity contribution in [1.82, 2.24) is 20.1 Å². The Labute approximate surface area is 244 Å². The highest BCUT2D eigenvalue weighted by atomic mass is 35.5. The van der Waals surface area contributed by atoms with E-state index in [1.165, 1.54) is 11.1 Å². The van der Waals surface area contributed by atoms with E-state index in [2.05, 4.69) is 64.0 Å². The summed E-state index contributed by atoms with van der Waals surface area (Å²) in [5.41, 5.74) is 4.32. The van der Waals surface area contributed by atoms with Crippen molar-refractivity contribution in [2.24, 2.45) is 0 Å². The van der Waals surface area contributed by atoms with E-state index in [-0.39, 0.29) is 11.8 Å². The predicted molar refractivity (Wildman–Crippen MR) is 164 cm³/mol. The SMILES string of the molecule is O=C(CCCSc1nnc(-c2ccccc2Cl)n1-c1ccccc1)NCCC(c1ccccc1)c1ccccc1. The van der Waals surface area contributed by atoms with E-state index >= 15 is 0 Å². The number of benzene rings is 4. The molecular formula is C33H31ClN4OS. The number of halogens is 1. The molecular weight excluding hydrogens is 536 g/mol. The van der Waals surface area contributed by atoms with E-state index < -0.39 is 0 Å². The first kappa shape index (κ1) is 27.7. The van der Waals surface area contributed by atoms with Crippen molar-refractivity contribution in [3.8, 4) is 17.1 Å². The molecule has 0 aliphatic rings. The maximum atomic E-state index is 12.7. The number of hydrogen-bond donors (Lipinski definition) is 1. The van der Waals surface area contributed by atoms with Gasteiger partial charge in [0.1, 0.15) is 0 Å². The van der Waals surface area contributed by atoms with Gasteiger partial charge in [-0.3, -0.25) is 9.36 Å². The number of aromatic nitrogens is 3. The summed E-state index contributed by atoms with van der Waals surface area (Å²) in [5, 5.41) is 13.5. The van der Waals surface area contributed by atoms with E-state index in [4.69, 9.17) is 11.6 Å². The molecule has 0 saturated carbocycles. The number of para-hydroxylation sites is 1. The fraction of sp³-hybridized carbons (Fsp3) is 0.182. The highest BCUT2D eigenvalue weighted by Gasteiger charge is 2.18. The molecule has 40 heavy (non-hydrogen) atoms. The summed E-state index contributed by atoms with van der Waals surface area (Å²) in [7, 11) is 0. The maximum absolute atomic E-state index is 12.7. The second-order valence-electron chi connectivity index (χ2n) is 9.42. The van der Waals surface area contributed by atoms with Gasteiger partial charge in [0.15, 0.2) is 11.0 Å². The molecule has 1 amide bonds. The predicted octanol–water partition coefficient (Wildman–Crippen LogP) is 7.80. The lowest BCUT2D eigenvalue weighted by Gasteiger charge is -2.18. The minimum atomic E-state index is 0.0711. The molecule has 7 heteroatoms. The average molecular weight is 567 g/mol. The molecule has 0 unspecified atom stereocenters. The van der Waals surface area contributed by atoms with Gasteiger partial charge in [-0.1, -0.05) is 114 Å². The number of nitrogens with zero attached hydrogens (tertiary/aromatic N) is 3. The Kier molecular flexibility index (Phi) is 9.67. The number of hydrogen-bond acceptors (Lipinski definition) is 4. The van der Waals surface area contributed by atoms with Crippen LogP contribution in [0, 0.1) is 0 Å². The topological polar surface area (TPSA) is 59.8 Å². The molecule has 1 aromatic heterocycles. The Balaban J connectivity index is 1.16. The quantitative estimate of drug-likeness (QED) is 0.124. The van der Waals surface area contributed by atoms with Gasteiger partial charge in [0.05, 0.1) is 5.02 Å². The molecule has 202 valence electrons. The zero-order valence-corrected chi connectivity index (χ0v) is 23.7. The molecule has 0 spiro atoms. The van der Waals surface area contributed by atoms with Crippen LogP contribution in [-0.4, -0.2) is 33.0 Å². The molecule has 5 aromatic rings. The zero-order valence-electron chi connectivity index (χ0n) is 22.1. The molecule has 0 fully saturated rings. The van der Waals surface area contributed by atoms with Crippen molar-refractivity contribution in [1.29, 1.82) is 0 Å². The van der Waals surface area contributed by atoms with Crippen LogP contribution in [0.1, 0.15) is 36.3 Å². The molecule has 0 aliphatic heterocycles. The highest BCUT2D eigenvalue weighted by molar-refractivity contribution is 7.99. The van der Waals surface area contributed by atoms with E-state index in [1.54, 1.807) is 11.8 Å². The Bertz CT molecular complexity index is 1470. The fourth-order valence-electron chi connectivity index (χ4n) is 4.73. The average Bonchev–Trinajstić information content (AvgIpc) is 3.42. The van der Waals surface area contributed by atoms with Crippen molar-refractivity contribution in [3.05, 3.63) is 131 Å². The van der Waals surface area contributed by atoms with Crippen LogP contribution in [0.25, 0.3) is 17.1 Å². The summed E-state index contributed by atoms with van der Waals surface area (Å²) < 4.78 is 2.03. The van der Waals surface area contributed by atoms with Gasteiger partial charge in [0.2, 0.25) is 5.91 Å². The number of nitrogens with one attached hydrogen (secondary N) is 1. The van der Waals surface area contributed by atoms with Gasteiger partial charge >= 0.3 is 0 Å². The van der Waals surface area contributed by atoms with Gasteiger partial charge in [-0.15, -0.1) is 10.2 Å². The lowest BCUT2D eigenvalue weighted by molar-refractivity contribution is -0.121. The van der Waals surface area contributed by atoms with Crippen LogP contribution in [0.3, 0.4) is 0 Å². The van der Waals surface area contributed by atoms with Crippen LogP contribution in [0.5, 0.6) is 0 Å². The first-order valence-corrected chi connectivity index (χ1v) is 14.8. The summed E-state index contributed by atoms with van der Waals surface area (Å²) >= 11 is 8.08. The number of amides is 1. The van der Waals surface area contributed by atoms with Crippen LogP contribution in [0.2, 0.25) is 5.02 Å². The largest absolute Gasteiger partial charge is 0.356 e. The summed E-state index contributed by atoms with van der Waals surface area (Å²) in [5.74, 6) is 1.76. The van der Waals surface area contributed by atoms with Crippen molar-refractivity contribution >= 4 is 29.3 Å². The molecule has 5 rings (SSSR count). The van der Waals surface area contributed by atoms with Crippen molar-refractivity contribution < 1.29 is 4.79 Å². The van der Waals surface area contributed by atoms with Gasteiger partial charge in [-0.05, 0) is 48.2 Å². The second-order valence-corrected chi connectivity index (χ2v) is 10.9. The maximum Gasteiger partial charge on any atom is 0.220 e. The molecule has 0 atom stereocenters. The first-order chi connectivity index (χ1) is 19.7. The minimum Gasteiger partial charge on any atom is -0.356 e. The molecule has 4 aromatic carbocycles. The van der Waals surface area contributed by atoms with Crippen LogP contribution >= 0.6 is 23.4 Å². The van der Waals surface area contributed by atoms with Crippen LogP contribution in [0.4, 0.5) is 0 Å². The van der Waals surface area contributed by atoms with Crippen LogP contribution in [-0.2, 0) is 4.79 Å². The van der Waals surface area contributed by atoms with E-state index in [0.29, 0.717) is 23.8 Å². The van der Waals surface area contributed by atoms with Crippen molar-refractivity contribution in [3.63, 3.8) is 0 Å². The van der Waals surface area contributed by atoms with Gasteiger partial charge in [0, 0.05) is 35.9 Å². The molecule has 1 N–H and O–H groups in total. The Morgan fingerprint density at radius 3 is 2.05 bits per heavy atom. The van der Waals surface area contributed by atoms with E-state index in [9.17, 15) is 4.79 Å². The monoisotopic (exact) mass is 566 g/mol. The third-order valence-electron chi connectivity index (χ3n) is 6.70. The van der Waals surface area contributed by atoms with Crippen molar-refractivity contribution in [2.75, 3.05) is 12.3 Å². The zero-order chi connectivity index (χ0) is 27.6. The second kappa shape index (κ2) is 14.0. The molecule has 0 saturated heterocycles. The van der Waals surface area contributed by atoms with E-state index in [0.717, 1.165) is 35.0 Å². The standard InChI is InChI=1S/C33H31ClN4OS/c34-30-20-11-10-19-29(30)32-36-37-33(38(32)27-17-8-3-9-18-27)40-24-12-21-31(39)35-23-22-28(25-13-4-1-5-14-25)26-15-6-2-7-16-26/h1-11,13-20,28H,12,21-24H2,(H,35,39). The minimum absolute atomic E-state index is 0.0711. The van der Waals surface area contributed by atoms with Crippen molar-refractivity contribution in [2.45, 2.75) is 30.3 Å².